The van der Waals surface area contributed by atoms with Gasteiger partial charge in [-0.1, -0.05) is 18.2 Å². The molecule has 1 aliphatic heterocycles. The highest BCUT2D eigenvalue weighted by Gasteiger charge is 2.15. The fourth-order valence-corrected chi connectivity index (χ4v) is 2.96. The fraction of sp³-hybridized carbons (Fsp3) is 0.222. The van der Waals surface area contributed by atoms with Crippen molar-refractivity contribution in [1.29, 1.82) is 0 Å². The molecule has 0 fully saturated rings. The zero-order valence-electron chi connectivity index (χ0n) is 12.9. The van der Waals surface area contributed by atoms with Gasteiger partial charge in [0.15, 0.2) is 0 Å². The molecule has 23 heavy (non-hydrogen) atoms. The van der Waals surface area contributed by atoms with Crippen LogP contribution in [0.4, 0.5) is 5.69 Å². The molecule has 0 atom stereocenters. The van der Waals surface area contributed by atoms with Crippen molar-refractivity contribution in [3.63, 3.8) is 0 Å². The predicted octanol–water partition coefficient (Wildman–Crippen LogP) is 3.13. The predicted molar refractivity (Wildman–Crippen MR) is 88.5 cm³/mol. The van der Waals surface area contributed by atoms with Crippen molar-refractivity contribution in [2.75, 3.05) is 11.9 Å². The SMILES string of the molecule is Cc1ccccc1C(=O)Nc1ccc2c(c1)nc1n2CCOC1. The van der Waals surface area contributed by atoms with Gasteiger partial charge in [-0.05, 0) is 36.8 Å². The van der Waals surface area contributed by atoms with Gasteiger partial charge in [-0.3, -0.25) is 4.79 Å². The zero-order valence-corrected chi connectivity index (χ0v) is 12.9. The molecule has 1 N–H and O–H groups in total. The summed E-state index contributed by atoms with van der Waals surface area (Å²) in [5.74, 6) is 0.836. The summed E-state index contributed by atoms with van der Waals surface area (Å²) in [4.78, 5) is 17.0. The molecule has 0 radical (unpaired) electrons. The summed E-state index contributed by atoms with van der Waals surface area (Å²) in [5.41, 5.74) is 4.36. The highest BCUT2D eigenvalue weighted by atomic mass is 16.5. The fourth-order valence-electron chi connectivity index (χ4n) is 2.96. The number of benzene rings is 2. The highest BCUT2D eigenvalue weighted by Crippen LogP contribution is 2.23. The number of nitrogens with zero attached hydrogens (tertiary/aromatic N) is 2. The largest absolute Gasteiger partial charge is 0.372 e. The molecule has 0 saturated heterocycles. The normalized spacial score (nSPS) is 13.8. The van der Waals surface area contributed by atoms with E-state index in [1.165, 1.54) is 0 Å². The van der Waals surface area contributed by atoms with Gasteiger partial charge < -0.3 is 14.6 Å². The van der Waals surface area contributed by atoms with Crippen molar-refractivity contribution in [3.8, 4) is 0 Å². The van der Waals surface area contributed by atoms with E-state index < -0.39 is 0 Å². The van der Waals surface area contributed by atoms with Gasteiger partial charge in [0.05, 0.1) is 17.6 Å². The number of aryl methyl sites for hydroxylation is 1. The summed E-state index contributed by atoms with van der Waals surface area (Å²) >= 11 is 0. The summed E-state index contributed by atoms with van der Waals surface area (Å²) < 4.78 is 7.61. The molecule has 4 rings (SSSR count). The smallest absolute Gasteiger partial charge is 0.255 e. The Kier molecular flexibility index (Phi) is 3.35. The minimum Gasteiger partial charge on any atom is -0.372 e. The molecule has 2 heterocycles. The van der Waals surface area contributed by atoms with Crippen LogP contribution in [0.25, 0.3) is 11.0 Å². The van der Waals surface area contributed by atoms with Crippen molar-refractivity contribution >= 4 is 22.6 Å². The van der Waals surface area contributed by atoms with E-state index in [9.17, 15) is 4.79 Å². The summed E-state index contributed by atoms with van der Waals surface area (Å²) in [7, 11) is 0. The minimum absolute atomic E-state index is 0.102. The third-order valence-corrected chi connectivity index (χ3v) is 4.17. The molecule has 0 unspecified atom stereocenters. The van der Waals surface area contributed by atoms with Crippen molar-refractivity contribution in [1.82, 2.24) is 9.55 Å². The number of carbonyl (C=O) groups is 1. The minimum atomic E-state index is -0.102. The maximum absolute atomic E-state index is 12.4. The Hall–Kier alpha value is -2.66. The number of nitrogens with one attached hydrogen (secondary N) is 1. The van der Waals surface area contributed by atoms with Crippen LogP contribution in [0, 0.1) is 6.92 Å². The second-order valence-electron chi connectivity index (χ2n) is 5.70. The molecule has 0 bridgehead atoms. The zero-order chi connectivity index (χ0) is 15.8. The van der Waals surface area contributed by atoms with Crippen LogP contribution in [0.2, 0.25) is 0 Å². The van der Waals surface area contributed by atoms with Crippen molar-refractivity contribution < 1.29 is 9.53 Å². The first-order valence-corrected chi connectivity index (χ1v) is 7.66. The number of carbonyl (C=O) groups excluding carboxylic acids is 1. The molecule has 0 aliphatic carbocycles. The Bertz CT molecular complexity index is 898. The number of fused-ring (bicyclic) bond motifs is 3. The molecule has 0 spiro atoms. The molecule has 1 aliphatic rings. The van der Waals surface area contributed by atoms with E-state index in [1.807, 2.05) is 49.4 Å². The summed E-state index contributed by atoms with van der Waals surface area (Å²) in [5, 5.41) is 2.95. The number of amides is 1. The van der Waals surface area contributed by atoms with Gasteiger partial charge in [0, 0.05) is 17.8 Å². The van der Waals surface area contributed by atoms with Crippen LogP contribution in [0.5, 0.6) is 0 Å². The average Bonchev–Trinajstić information content (AvgIpc) is 2.92. The van der Waals surface area contributed by atoms with E-state index >= 15 is 0 Å². The number of ether oxygens (including phenoxy) is 1. The third kappa shape index (κ3) is 2.49. The maximum atomic E-state index is 12.4. The number of anilines is 1. The second-order valence-corrected chi connectivity index (χ2v) is 5.70. The number of aromatic nitrogens is 2. The molecule has 1 aromatic heterocycles. The van der Waals surface area contributed by atoms with Crippen LogP contribution in [0.15, 0.2) is 42.5 Å². The maximum Gasteiger partial charge on any atom is 0.255 e. The quantitative estimate of drug-likeness (QED) is 0.791. The molecule has 1 amide bonds. The topological polar surface area (TPSA) is 56.2 Å². The first-order chi connectivity index (χ1) is 11.2. The van der Waals surface area contributed by atoms with E-state index in [1.54, 1.807) is 0 Å². The number of imidazole rings is 1. The molecular formula is C18H17N3O2. The Morgan fingerprint density at radius 1 is 1.26 bits per heavy atom. The average molecular weight is 307 g/mol. The van der Waals surface area contributed by atoms with Crippen LogP contribution in [-0.2, 0) is 17.9 Å². The van der Waals surface area contributed by atoms with E-state index in [4.69, 9.17) is 4.74 Å². The molecule has 5 heteroatoms. The Labute approximate surface area is 133 Å². The number of hydrogen-bond acceptors (Lipinski definition) is 3. The van der Waals surface area contributed by atoms with Gasteiger partial charge in [0.2, 0.25) is 0 Å². The van der Waals surface area contributed by atoms with E-state index in [0.29, 0.717) is 18.8 Å². The lowest BCUT2D eigenvalue weighted by Crippen LogP contribution is -2.16. The highest BCUT2D eigenvalue weighted by molar-refractivity contribution is 6.05. The van der Waals surface area contributed by atoms with E-state index in [0.717, 1.165) is 34.7 Å². The molecule has 2 aromatic carbocycles. The molecule has 116 valence electrons. The van der Waals surface area contributed by atoms with Gasteiger partial charge in [-0.2, -0.15) is 0 Å². The Balaban J connectivity index is 1.65. The summed E-state index contributed by atoms with van der Waals surface area (Å²) in [6.45, 7) is 4.01. The van der Waals surface area contributed by atoms with Crippen LogP contribution >= 0.6 is 0 Å². The van der Waals surface area contributed by atoms with Crippen molar-refractivity contribution in [3.05, 3.63) is 59.4 Å². The van der Waals surface area contributed by atoms with Gasteiger partial charge in [0.1, 0.15) is 12.4 Å². The third-order valence-electron chi connectivity index (χ3n) is 4.17. The first-order valence-electron chi connectivity index (χ1n) is 7.66. The second kappa shape index (κ2) is 5.52. The summed E-state index contributed by atoms with van der Waals surface area (Å²) in [6, 6.07) is 13.4. The molecular weight excluding hydrogens is 290 g/mol. The standard InChI is InChI=1S/C18H17N3O2/c1-12-4-2-3-5-14(12)18(22)19-13-6-7-16-15(10-13)20-17-11-23-9-8-21(16)17/h2-7,10H,8-9,11H2,1H3,(H,19,22). The monoisotopic (exact) mass is 307 g/mol. The van der Waals surface area contributed by atoms with Gasteiger partial charge in [0.25, 0.3) is 5.91 Å². The Morgan fingerprint density at radius 2 is 2.13 bits per heavy atom. The van der Waals surface area contributed by atoms with Crippen LogP contribution < -0.4 is 5.32 Å². The van der Waals surface area contributed by atoms with Gasteiger partial charge in [-0.15, -0.1) is 0 Å². The molecule has 5 nitrogen and oxygen atoms in total. The van der Waals surface area contributed by atoms with E-state index in [2.05, 4.69) is 14.9 Å². The number of rotatable bonds is 2. The van der Waals surface area contributed by atoms with Crippen LogP contribution in [-0.4, -0.2) is 22.1 Å². The van der Waals surface area contributed by atoms with Crippen molar-refractivity contribution in [2.45, 2.75) is 20.1 Å². The van der Waals surface area contributed by atoms with Gasteiger partial charge in [-0.25, -0.2) is 4.98 Å². The lowest BCUT2D eigenvalue weighted by molar-refractivity contribution is 0.0830. The van der Waals surface area contributed by atoms with E-state index in [-0.39, 0.29) is 5.91 Å². The van der Waals surface area contributed by atoms with Crippen LogP contribution in [0.3, 0.4) is 0 Å². The van der Waals surface area contributed by atoms with Gasteiger partial charge >= 0.3 is 0 Å². The molecule has 0 saturated carbocycles. The number of hydrogen-bond donors (Lipinski definition) is 1. The first kappa shape index (κ1) is 14.0. The van der Waals surface area contributed by atoms with Crippen LogP contribution in [0.1, 0.15) is 21.7 Å². The molecule has 3 aromatic rings. The Morgan fingerprint density at radius 3 is 3.00 bits per heavy atom. The van der Waals surface area contributed by atoms with Crippen molar-refractivity contribution in [2.24, 2.45) is 0 Å². The lowest BCUT2D eigenvalue weighted by atomic mass is 10.1. The summed E-state index contributed by atoms with van der Waals surface area (Å²) in [6.07, 6.45) is 0. The lowest BCUT2D eigenvalue weighted by Gasteiger charge is -2.14.